The second-order valence-corrected chi connectivity index (χ2v) is 5.13. The minimum atomic E-state index is -0.502. The Morgan fingerprint density at radius 2 is 1.71 bits per heavy atom. The number of halogens is 2. The summed E-state index contributed by atoms with van der Waals surface area (Å²) in [5.41, 5.74) is 1.27. The lowest BCUT2D eigenvalue weighted by molar-refractivity contribution is 0.369. The number of hydrogen-bond acceptors (Lipinski definition) is 3. The molecular formula is C16H15F2N3. The van der Waals surface area contributed by atoms with Gasteiger partial charge in [0.2, 0.25) is 0 Å². The standard InChI is InChI=1S/C16H15F2N3/c1-21-7-3-11(4-8-21)12-9-15(18)13(10-14(12)17)16-19-5-2-6-20-16/h2-3,5-6,9-10H,4,7-8H2,1H3. The predicted molar refractivity (Wildman–Crippen MR) is 77.5 cm³/mol. The van der Waals surface area contributed by atoms with Crippen LogP contribution in [-0.2, 0) is 0 Å². The largest absolute Gasteiger partial charge is 0.302 e. The molecule has 0 bridgehead atoms. The molecule has 5 heteroatoms. The molecule has 2 heterocycles. The predicted octanol–water partition coefficient (Wildman–Crippen LogP) is 3.14. The van der Waals surface area contributed by atoms with Gasteiger partial charge in [-0.15, -0.1) is 0 Å². The summed E-state index contributed by atoms with van der Waals surface area (Å²) in [7, 11) is 2.00. The van der Waals surface area contributed by atoms with E-state index in [0.29, 0.717) is 12.0 Å². The van der Waals surface area contributed by atoms with E-state index in [2.05, 4.69) is 14.9 Å². The molecule has 1 aromatic carbocycles. The van der Waals surface area contributed by atoms with Crippen LogP contribution < -0.4 is 0 Å². The van der Waals surface area contributed by atoms with Gasteiger partial charge in [-0.3, -0.25) is 0 Å². The summed E-state index contributed by atoms with van der Waals surface area (Å²) in [6.45, 7) is 1.59. The highest BCUT2D eigenvalue weighted by molar-refractivity contribution is 5.70. The molecule has 3 rings (SSSR count). The van der Waals surface area contributed by atoms with E-state index in [0.717, 1.165) is 18.7 Å². The topological polar surface area (TPSA) is 29.0 Å². The van der Waals surface area contributed by atoms with Crippen molar-refractivity contribution < 1.29 is 8.78 Å². The summed E-state index contributed by atoms with van der Waals surface area (Å²) in [4.78, 5) is 10.1. The van der Waals surface area contributed by atoms with Crippen molar-refractivity contribution >= 4 is 5.57 Å². The number of benzene rings is 1. The third kappa shape index (κ3) is 2.83. The minimum absolute atomic E-state index is 0.0883. The number of nitrogens with zero attached hydrogens (tertiary/aromatic N) is 3. The second-order valence-electron chi connectivity index (χ2n) is 5.13. The van der Waals surface area contributed by atoms with E-state index in [1.807, 2.05) is 13.1 Å². The average Bonchev–Trinajstić information content (AvgIpc) is 2.51. The van der Waals surface area contributed by atoms with Gasteiger partial charge in [0.25, 0.3) is 0 Å². The molecule has 3 nitrogen and oxygen atoms in total. The van der Waals surface area contributed by atoms with E-state index in [-0.39, 0.29) is 11.4 Å². The lowest BCUT2D eigenvalue weighted by Gasteiger charge is -2.22. The minimum Gasteiger partial charge on any atom is -0.302 e. The molecule has 0 aliphatic carbocycles. The van der Waals surface area contributed by atoms with Gasteiger partial charge in [0.05, 0.1) is 5.56 Å². The highest BCUT2D eigenvalue weighted by atomic mass is 19.1. The van der Waals surface area contributed by atoms with Crippen LogP contribution in [0.15, 0.2) is 36.7 Å². The van der Waals surface area contributed by atoms with E-state index in [1.165, 1.54) is 24.5 Å². The van der Waals surface area contributed by atoms with Crippen molar-refractivity contribution in [2.45, 2.75) is 6.42 Å². The molecular weight excluding hydrogens is 272 g/mol. The molecule has 0 unspecified atom stereocenters. The van der Waals surface area contributed by atoms with Crippen LogP contribution in [0, 0.1) is 11.6 Å². The Hall–Kier alpha value is -2.14. The van der Waals surface area contributed by atoms with Crippen LogP contribution in [0.1, 0.15) is 12.0 Å². The highest BCUT2D eigenvalue weighted by Gasteiger charge is 2.17. The Bertz CT molecular complexity index is 683. The van der Waals surface area contributed by atoms with E-state index in [4.69, 9.17) is 0 Å². The van der Waals surface area contributed by atoms with Gasteiger partial charge in [-0.25, -0.2) is 18.7 Å². The van der Waals surface area contributed by atoms with Crippen molar-refractivity contribution in [3.63, 3.8) is 0 Å². The van der Waals surface area contributed by atoms with E-state index in [9.17, 15) is 8.78 Å². The third-order valence-electron chi connectivity index (χ3n) is 3.62. The Morgan fingerprint density at radius 3 is 2.38 bits per heavy atom. The maximum absolute atomic E-state index is 14.3. The van der Waals surface area contributed by atoms with Crippen LogP contribution in [0.3, 0.4) is 0 Å². The zero-order valence-electron chi connectivity index (χ0n) is 11.7. The Balaban J connectivity index is 2.01. The molecule has 108 valence electrons. The van der Waals surface area contributed by atoms with Crippen molar-refractivity contribution in [3.8, 4) is 11.4 Å². The van der Waals surface area contributed by atoms with Crippen molar-refractivity contribution in [1.82, 2.24) is 14.9 Å². The zero-order chi connectivity index (χ0) is 14.8. The SMILES string of the molecule is CN1CC=C(c2cc(F)c(-c3ncccn3)cc2F)CC1. The van der Waals surface area contributed by atoms with E-state index < -0.39 is 11.6 Å². The summed E-state index contributed by atoms with van der Waals surface area (Å²) >= 11 is 0. The van der Waals surface area contributed by atoms with Crippen LogP contribution in [0.5, 0.6) is 0 Å². The summed E-state index contributed by atoms with van der Waals surface area (Å²) in [5, 5.41) is 0. The summed E-state index contributed by atoms with van der Waals surface area (Å²) in [5.74, 6) is -0.745. The summed E-state index contributed by atoms with van der Waals surface area (Å²) in [6.07, 6.45) is 5.67. The first-order chi connectivity index (χ1) is 10.1. The molecule has 0 N–H and O–H groups in total. The molecule has 1 aromatic heterocycles. The zero-order valence-corrected chi connectivity index (χ0v) is 11.7. The average molecular weight is 287 g/mol. The van der Waals surface area contributed by atoms with Crippen molar-refractivity contribution in [3.05, 3.63) is 53.9 Å². The first kappa shape index (κ1) is 13.8. The van der Waals surface area contributed by atoms with E-state index >= 15 is 0 Å². The van der Waals surface area contributed by atoms with Crippen molar-refractivity contribution in [2.24, 2.45) is 0 Å². The van der Waals surface area contributed by atoms with Crippen LogP contribution in [0.4, 0.5) is 8.78 Å². The molecule has 0 radical (unpaired) electrons. The Labute approximate surface area is 122 Å². The summed E-state index contributed by atoms with van der Waals surface area (Å²) in [6, 6.07) is 4.06. The fourth-order valence-corrected chi connectivity index (χ4v) is 2.42. The lowest BCUT2D eigenvalue weighted by Crippen LogP contribution is -2.23. The molecule has 0 saturated carbocycles. The molecule has 0 spiro atoms. The quantitative estimate of drug-likeness (QED) is 0.849. The van der Waals surface area contributed by atoms with Crippen LogP contribution in [0.25, 0.3) is 17.0 Å². The van der Waals surface area contributed by atoms with Gasteiger partial charge < -0.3 is 4.90 Å². The highest BCUT2D eigenvalue weighted by Crippen LogP contribution is 2.29. The third-order valence-corrected chi connectivity index (χ3v) is 3.62. The van der Waals surface area contributed by atoms with Gasteiger partial charge in [-0.2, -0.15) is 0 Å². The van der Waals surface area contributed by atoms with Crippen molar-refractivity contribution in [2.75, 3.05) is 20.1 Å². The van der Waals surface area contributed by atoms with Gasteiger partial charge in [0.15, 0.2) is 5.82 Å². The van der Waals surface area contributed by atoms with Gasteiger partial charge >= 0.3 is 0 Å². The maximum atomic E-state index is 14.3. The molecule has 0 atom stereocenters. The molecule has 2 aromatic rings. The first-order valence-electron chi connectivity index (χ1n) is 6.79. The lowest BCUT2D eigenvalue weighted by atomic mass is 9.97. The monoisotopic (exact) mass is 287 g/mol. The second kappa shape index (κ2) is 5.69. The molecule has 21 heavy (non-hydrogen) atoms. The fraction of sp³-hybridized carbons (Fsp3) is 0.250. The smallest absolute Gasteiger partial charge is 0.162 e. The van der Waals surface area contributed by atoms with Gasteiger partial charge in [-0.1, -0.05) is 6.08 Å². The molecule has 0 fully saturated rings. The number of hydrogen-bond donors (Lipinski definition) is 0. The molecule has 1 aliphatic heterocycles. The first-order valence-corrected chi connectivity index (χ1v) is 6.79. The van der Waals surface area contributed by atoms with Gasteiger partial charge in [-0.05, 0) is 37.2 Å². The van der Waals surface area contributed by atoms with E-state index in [1.54, 1.807) is 6.07 Å². The van der Waals surface area contributed by atoms with Crippen molar-refractivity contribution in [1.29, 1.82) is 0 Å². The Kier molecular flexibility index (Phi) is 3.75. The van der Waals surface area contributed by atoms with Gasteiger partial charge in [0.1, 0.15) is 11.6 Å². The Morgan fingerprint density at radius 1 is 1.05 bits per heavy atom. The van der Waals surface area contributed by atoms with Crippen LogP contribution >= 0.6 is 0 Å². The fourth-order valence-electron chi connectivity index (χ4n) is 2.42. The number of rotatable bonds is 2. The molecule has 1 aliphatic rings. The van der Waals surface area contributed by atoms with Crippen LogP contribution in [-0.4, -0.2) is 35.0 Å². The maximum Gasteiger partial charge on any atom is 0.162 e. The van der Waals surface area contributed by atoms with Crippen LogP contribution in [0.2, 0.25) is 0 Å². The molecule has 0 amide bonds. The summed E-state index contributed by atoms with van der Waals surface area (Å²) < 4.78 is 28.6. The van der Waals surface area contributed by atoms with Gasteiger partial charge in [0, 0.05) is 31.0 Å². The molecule has 0 saturated heterocycles. The normalized spacial score (nSPS) is 15.9. The number of likely N-dealkylation sites (N-methyl/N-ethyl adjacent to an activating group) is 1. The number of aromatic nitrogens is 2.